The van der Waals surface area contributed by atoms with Crippen molar-refractivity contribution in [3.63, 3.8) is 0 Å². The number of halogens is 1. The molecule has 0 atom stereocenters. The number of amides is 1. The van der Waals surface area contributed by atoms with Crippen LogP contribution in [-0.2, 0) is 6.61 Å². The van der Waals surface area contributed by atoms with E-state index in [1.54, 1.807) is 54.6 Å². The second-order valence-corrected chi connectivity index (χ2v) is 7.83. The first-order chi connectivity index (χ1) is 16.0. The zero-order valence-electron chi connectivity index (χ0n) is 17.9. The van der Waals surface area contributed by atoms with E-state index in [2.05, 4.69) is 26.5 Å². The molecule has 0 saturated heterocycles. The Morgan fingerprint density at radius 3 is 2.45 bits per heavy atom. The van der Waals surface area contributed by atoms with E-state index in [-0.39, 0.29) is 18.2 Å². The molecule has 0 saturated carbocycles. The van der Waals surface area contributed by atoms with E-state index in [4.69, 9.17) is 9.47 Å². The summed E-state index contributed by atoms with van der Waals surface area (Å²) in [4.78, 5) is 22.5. The van der Waals surface area contributed by atoms with Crippen molar-refractivity contribution in [1.82, 2.24) is 5.43 Å². The van der Waals surface area contributed by atoms with Gasteiger partial charge in [0.15, 0.2) is 0 Å². The van der Waals surface area contributed by atoms with Gasteiger partial charge in [0.1, 0.15) is 18.1 Å². The molecule has 0 bridgehead atoms. The molecule has 0 spiro atoms. The third-order valence-corrected chi connectivity index (χ3v) is 5.09. The summed E-state index contributed by atoms with van der Waals surface area (Å²) in [6.07, 6.45) is 2.45. The molecule has 0 aromatic heterocycles. The van der Waals surface area contributed by atoms with Crippen molar-refractivity contribution in [2.75, 3.05) is 6.61 Å². The number of nitrogens with zero attached hydrogens (tertiary/aromatic N) is 2. The molecule has 33 heavy (non-hydrogen) atoms. The van der Waals surface area contributed by atoms with Gasteiger partial charge >= 0.3 is 0 Å². The first-order valence-electron chi connectivity index (χ1n) is 10.2. The lowest BCUT2D eigenvalue weighted by Gasteiger charge is -2.09. The van der Waals surface area contributed by atoms with Crippen LogP contribution >= 0.6 is 15.9 Å². The average molecular weight is 512 g/mol. The van der Waals surface area contributed by atoms with Gasteiger partial charge in [-0.15, -0.1) is 0 Å². The molecular weight excluding hydrogens is 490 g/mol. The quantitative estimate of drug-likeness (QED) is 0.220. The van der Waals surface area contributed by atoms with E-state index in [0.29, 0.717) is 22.4 Å². The number of nitro benzene ring substituents is 1. The number of rotatable bonds is 10. The minimum absolute atomic E-state index is 0.0358. The minimum Gasteiger partial charge on any atom is -0.494 e. The van der Waals surface area contributed by atoms with Gasteiger partial charge in [-0.1, -0.05) is 6.92 Å². The fourth-order valence-electron chi connectivity index (χ4n) is 2.74. The maximum atomic E-state index is 12.2. The first-order valence-corrected chi connectivity index (χ1v) is 11.0. The van der Waals surface area contributed by atoms with Crippen molar-refractivity contribution in [3.8, 4) is 11.5 Å². The molecule has 8 nitrogen and oxygen atoms in total. The highest BCUT2D eigenvalue weighted by molar-refractivity contribution is 9.10. The van der Waals surface area contributed by atoms with Crippen molar-refractivity contribution in [3.05, 3.63) is 98.0 Å². The lowest BCUT2D eigenvalue weighted by Crippen LogP contribution is -2.17. The largest absolute Gasteiger partial charge is 0.494 e. The summed E-state index contributed by atoms with van der Waals surface area (Å²) in [5, 5.41) is 14.7. The predicted molar refractivity (Wildman–Crippen MR) is 129 cm³/mol. The van der Waals surface area contributed by atoms with Crippen LogP contribution in [0.25, 0.3) is 0 Å². The van der Waals surface area contributed by atoms with Crippen molar-refractivity contribution in [1.29, 1.82) is 0 Å². The Balaban J connectivity index is 1.52. The van der Waals surface area contributed by atoms with Gasteiger partial charge in [0, 0.05) is 17.7 Å². The van der Waals surface area contributed by atoms with Gasteiger partial charge in [-0.3, -0.25) is 14.9 Å². The van der Waals surface area contributed by atoms with E-state index in [1.165, 1.54) is 18.3 Å². The summed E-state index contributed by atoms with van der Waals surface area (Å²) in [6, 6.07) is 18.4. The van der Waals surface area contributed by atoms with Crippen LogP contribution in [0.5, 0.6) is 11.5 Å². The maximum absolute atomic E-state index is 12.2. The summed E-state index contributed by atoms with van der Waals surface area (Å²) in [7, 11) is 0. The van der Waals surface area contributed by atoms with Crippen LogP contribution in [-0.4, -0.2) is 23.7 Å². The van der Waals surface area contributed by atoms with Crippen LogP contribution in [0.1, 0.15) is 34.8 Å². The van der Waals surface area contributed by atoms with Gasteiger partial charge in [-0.25, -0.2) is 5.43 Å². The maximum Gasteiger partial charge on any atom is 0.271 e. The fraction of sp³-hybridized carbons (Fsp3) is 0.167. The van der Waals surface area contributed by atoms with Crippen LogP contribution < -0.4 is 14.9 Å². The Labute approximate surface area is 199 Å². The second-order valence-electron chi connectivity index (χ2n) is 6.97. The molecule has 0 aliphatic rings. The number of nitro groups is 1. The highest BCUT2D eigenvalue weighted by Crippen LogP contribution is 2.26. The second kappa shape index (κ2) is 11.8. The van der Waals surface area contributed by atoms with E-state index >= 15 is 0 Å². The minimum atomic E-state index is -0.441. The normalized spacial score (nSPS) is 10.7. The highest BCUT2D eigenvalue weighted by atomic mass is 79.9. The molecule has 1 N–H and O–H groups in total. The van der Waals surface area contributed by atoms with E-state index in [9.17, 15) is 14.9 Å². The average Bonchev–Trinajstić information content (AvgIpc) is 2.82. The van der Waals surface area contributed by atoms with Crippen LogP contribution in [0.4, 0.5) is 5.69 Å². The molecule has 0 heterocycles. The summed E-state index contributed by atoms with van der Waals surface area (Å²) in [5.74, 6) is 1.01. The Morgan fingerprint density at radius 2 is 1.82 bits per heavy atom. The number of hydrogen-bond donors (Lipinski definition) is 1. The number of hydrazone groups is 1. The van der Waals surface area contributed by atoms with Crippen molar-refractivity contribution in [2.24, 2.45) is 5.10 Å². The fourth-order valence-corrected chi connectivity index (χ4v) is 3.25. The predicted octanol–water partition coefficient (Wildman–Crippen LogP) is 5.49. The highest BCUT2D eigenvalue weighted by Gasteiger charge is 2.07. The lowest BCUT2D eigenvalue weighted by molar-refractivity contribution is -0.384. The van der Waals surface area contributed by atoms with Gasteiger partial charge < -0.3 is 9.47 Å². The van der Waals surface area contributed by atoms with Gasteiger partial charge in [-0.05, 0) is 88.1 Å². The van der Waals surface area contributed by atoms with Crippen LogP contribution in [0.3, 0.4) is 0 Å². The molecule has 0 fully saturated rings. The number of carbonyl (C=O) groups is 1. The van der Waals surface area contributed by atoms with E-state index in [0.717, 1.165) is 23.3 Å². The number of carbonyl (C=O) groups excluding carboxylic acids is 1. The molecule has 3 rings (SSSR count). The molecule has 170 valence electrons. The Kier molecular flexibility index (Phi) is 8.54. The van der Waals surface area contributed by atoms with Crippen molar-refractivity contribution in [2.45, 2.75) is 20.0 Å². The zero-order valence-corrected chi connectivity index (χ0v) is 19.4. The van der Waals surface area contributed by atoms with E-state index < -0.39 is 4.92 Å². The molecule has 0 aliphatic heterocycles. The van der Waals surface area contributed by atoms with Crippen LogP contribution in [0, 0.1) is 10.1 Å². The molecule has 1 amide bonds. The van der Waals surface area contributed by atoms with Gasteiger partial charge in [0.2, 0.25) is 0 Å². The molecule has 0 unspecified atom stereocenters. The Hall–Kier alpha value is -3.72. The van der Waals surface area contributed by atoms with Gasteiger partial charge in [0.25, 0.3) is 11.6 Å². The SMILES string of the molecule is CCCOc1ccc(C(=O)N/N=C/c2ccc(OCc3ccc([N+](=O)[O-])cc3)c(Br)c2)cc1. The summed E-state index contributed by atoms with van der Waals surface area (Å²) >= 11 is 3.46. The molecule has 0 aliphatic carbocycles. The summed E-state index contributed by atoms with van der Waals surface area (Å²) in [5.41, 5.74) is 4.58. The third-order valence-electron chi connectivity index (χ3n) is 4.47. The molecule has 3 aromatic carbocycles. The third kappa shape index (κ3) is 7.15. The van der Waals surface area contributed by atoms with E-state index in [1.807, 2.05) is 6.92 Å². The number of ether oxygens (including phenoxy) is 2. The first kappa shape index (κ1) is 23.9. The summed E-state index contributed by atoms with van der Waals surface area (Å²) in [6.45, 7) is 2.93. The number of benzene rings is 3. The number of hydrogen-bond acceptors (Lipinski definition) is 6. The van der Waals surface area contributed by atoms with Crippen LogP contribution in [0.2, 0.25) is 0 Å². The van der Waals surface area contributed by atoms with Crippen LogP contribution in [0.15, 0.2) is 76.3 Å². The number of non-ortho nitro benzene ring substituents is 1. The lowest BCUT2D eigenvalue weighted by atomic mass is 10.2. The smallest absolute Gasteiger partial charge is 0.271 e. The monoisotopic (exact) mass is 511 g/mol. The topological polar surface area (TPSA) is 103 Å². The Morgan fingerprint density at radius 1 is 1.09 bits per heavy atom. The van der Waals surface area contributed by atoms with Crippen molar-refractivity contribution < 1.29 is 19.2 Å². The molecular formula is C24H22BrN3O5. The zero-order chi connectivity index (χ0) is 23.6. The molecule has 0 radical (unpaired) electrons. The van der Waals surface area contributed by atoms with Gasteiger partial charge in [-0.2, -0.15) is 5.10 Å². The van der Waals surface area contributed by atoms with Crippen molar-refractivity contribution >= 4 is 33.7 Å². The number of nitrogens with one attached hydrogen (secondary N) is 1. The summed E-state index contributed by atoms with van der Waals surface area (Å²) < 4.78 is 12.0. The standard InChI is InChI=1S/C24H22BrN3O5/c1-2-13-32-21-10-6-19(7-11-21)24(29)27-26-15-18-5-12-23(22(25)14-18)33-16-17-3-8-20(9-4-17)28(30)31/h3-12,14-15H,2,13,16H2,1H3,(H,27,29)/b26-15+. The Bertz CT molecular complexity index is 1130. The van der Waals surface area contributed by atoms with Gasteiger partial charge in [0.05, 0.1) is 22.2 Å². The molecule has 9 heteroatoms. The molecule has 3 aromatic rings.